The van der Waals surface area contributed by atoms with E-state index in [0.717, 1.165) is 44.0 Å². The maximum absolute atomic E-state index is 12.7. The van der Waals surface area contributed by atoms with Crippen molar-refractivity contribution in [2.24, 2.45) is 0 Å². The van der Waals surface area contributed by atoms with Crippen LogP contribution in [0.2, 0.25) is 0 Å². The summed E-state index contributed by atoms with van der Waals surface area (Å²) in [6.45, 7) is 7.88. The number of nitrogens with one attached hydrogen (secondary N) is 1. The Balaban J connectivity index is 1.62. The van der Waals surface area contributed by atoms with E-state index in [1.54, 1.807) is 0 Å². The number of hydrogen-bond acceptors (Lipinski definition) is 5. The molecular formula is C20H30N4O3. The third-order valence-electron chi connectivity index (χ3n) is 5.29. The van der Waals surface area contributed by atoms with E-state index >= 15 is 0 Å². The van der Waals surface area contributed by atoms with E-state index < -0.39 is 6.04 Å². The molecule has 1 aromatic carbocycles. The SMILES string of the molecule is CCOc1ccc(CN2CCNC(=O)[C@@H]2CC(=O)N2CCN(C)CC2)cc1. The number of carbonyl (C=O) groups is 2. The molecule has 2 aliphatic heterocycles. The van der Waals surface area contributed by atoms with Gasteiger partial charge in [-0.25, -0.2) is 0 Å². The van der Waals surface area contributed by atoms with Gasteiger partial charge in [0, 0.05) is 45.8 Å². The predicted molar refractivity (Wildman–Crippen MR) is 104 cm³/mol. The Kier molecular flexibility index (Phi) is 6.68. The molecule has 27 heavy (non-hydrogen) atoms. The Morgan fingerprint density at radius 1 is 1.15 bits per heavy atom. The van der Waals surface area contributed by atoms with Crippen LogP contribution in [0.1, 0.15) is 18.9 Å². The van der Waals surface area contributed by atoms with Crippen molar-refractivity contribution in [3.8, 4) is 5.75 Å². The van der Waals surface area contributed by atoms with Crippen molar-refractivity contribution < 1.29 is 14.3 Å². The topological polar surface area (TPSA) is 65.1 Å². The van der Waals surface area contributed by atoms with Gasteiger partial charge in [-0.3, -0.25) is 14.5 Å². The van der Waals surface area contributed by atoms with E-state index in [-0.39, 0.29) is 18.2 Å². The van der Waals surface area contributed by atoms with Crippen molar-refractivity contribution in [1.82, 2.24) is 20.0 Å². The van der Waals surface area contributed by atoms with E-state index in [2.05, 4.69) is 22.2 Å². The quantitative estimate of drug-likeness (QED) is 0.788. The largest absolute Gasteiger partial charge is 0.494 e. The average molecular weight is 374 g/mol. The third-order valence-corrected chi connectivity index (χ3v) is 5.29. The van der Waals surface area contributed by atoms with Gasteiger partial charge in [0.05, 0.1) is 19.1 Å². The highest BCUT2D eigenvalue weighted by Crippen LogP contribution is 2.18. The highest BCUT2D eigenvalue weighted by Gasteiger charge is 2.33. The maximum Gasteiger partial charge on any atom is 0.237 e. The smallest absolute Gasteiger partial charge is 0.237 e. The van der Waals surface area contributed by atoms with Crippen molar-refractivity contribution >= 4 is 11.8 Å². The molecule has 3 rings (SSSR count). The molecule has 0 aliphatic carbocycles. The summed E-state index contributed by atoms with van der Waals surface area (Å²) < 4.78 is 5.49. The van der Waals surface area contributed by atoms with Gasteiger partial charge in [-0.2, -0.15) is 0 Å². The first-order valence-electron chi connectivity index (χ1n) is 9.76. The Bertz CT molecular complexity index is 641. The molecule has 1 atom stereocenters. The van der Waals surface area contributed by atoms with Gasteiger partial charge in [0.2, 0.25) is 11.8 Å². The van der Waals surface area contributed by atoms with Gasteiger partial charge in [0.1, 0.15) is 5.75 Å². The molecule has 1 aromatic rings. The fourth-order valence-corrected chi connectivity index (χ4v) is 3.62. The summed E-state index contributed by atoms with van der Waals surface area (Å²) in [6.07, 6.45) is 0.243. The van der Waals surface area contributed by atoms with Crippen molar-refractivity contribution in [2.45, 2.75) is 25.9 Å². The summed E-state index contributed by atoms with van der Waals surface area (Å²) in [6, 6.07) is 7.55. The monoisotopic (exact) mass is 374 g/mol. The van der Waals surface area contributed by atoms with Gasteiger partial charge in [-0.15, -0.1) is 0 Å². The number of hydrogen-bond donors (Lipinski definition) is 1. The molecule has 0 unspecified atom stereocenters. The zero-order chi connectivity index (χ0) is 19.2. The Labute approximate surface area is 161 Å². The number of amides is 2. The number of likely N-dealkylation sites (N-methyl/N-ethyl adjacent to an activating group) is 1. The Morgan fingerprint density at radius 2 is 1.85 bits per heavy atom. The normalized spacial score (nSPS) is 21.8. The second kappa shape index (κ2) is 9.19. The maximum atomic E-state index is 12.7. The highest BCUT2D eigenvalue weighted by molar-refractivity contribution is 5.88. The molecule has 2 aliphatic rings. The summed E-state index contributed by atoms with van der Waals surface area (Å²) in [5.74, 6) is 0.871. The Hall–Kier alpha value is -2.12. The van der Waals surface area contributed by atoms with Crippen molar-refractivity contribution in [1.29, 1.82) is 0 Å². The van der Waals surface area contributed by atoms with Gasteiger partial charge in [0.15, 0.2) is 0 Å². The van der Waals surface area contributed by atoms with E-state index in [4.69, 9.17) is 4.74 Å². The third kappa shape index (κ3) is 5.20. The van der Waals surface area contributed by atoms with E-state index in [1.165, 1.54) is 0 Å². The molecule has 0 spiro atoms. The molecule has 7 heteroatoms. The molecule has 2 amide bonds. The number of piperazine rings is 2. The molecule has 0 bridgehead atoms. The molecule has 1 N–H and O–H groups in total. The molecule has 0 aromatic heterocycles. The standard InChI is InChI=1S/C20H30N4O3/c1-3-27-17-6-4-16(5-7-17)15-24-9-8-21-20(26)18(24)14-19(25)23-12-10-22(2)11-13-23/h4-7,18H,3,8-15H2,1-2H3,(H,21,26)/t18-/m0/s1. The number of benzene rings is 1. The van der Waals surface area contributed by atoms with Crippen LogP contribution in [0, 0.1) is 0 Å². The second-order valence-corrected chi connectivity index (χ2v) is 7.24. The molecule has 2 heterocycles. The first-order chi connectivity index (χ1) is 13.1. The van der Waals surface area contributed by atoms with Crippen LogP contribution in [-0.2, 0) is 16.1 Å². The molecule has 0 radical (unpaired) electrons. The molecule has 7 nitrogen and oxygen atoms in total. The zero-order valence-corrected chi connectivity index (χ0v) is 16.3. The van der Waals surface area contributed by atoms with Crippen LogP contribution >= 0.6 is 0 Å². The summed E-state index contributed by atoms with van der Waals surface area (Å²) in [7, 11) is 2.06. The van der Waals surface area contributed by atoms with E-state index in [9.17, 15) is 9.59 Å². The summed E-state index contributed by atoms with van der Waals surface area (Å²) in [4.78, 5) is 31.4. The zero-order valence-electron chi connectivity index (χ0n) is 16.3. The number of ether oxygens (including phenoxy) is 1. The lowest BCUT2D eigenvalue weighted by atomic mass is 10.1. The second-order valence-electron chi connectivity index (χ2n) is 7.24. The predicted octanol–water partition coefficient (Wildman–Crippen LogP) is 0.550. The fourth-order valence-electron chi connectivity index (χ4n) is 3.62. The lowest BCUT2D eigenvalue weighted by Gasteiger charge is -2.37. The minimum absolute atomic E-state index is 0.0466. The average Bonchev–Trinajstić information content (AvgIpc) is 2.67. The van der Waals surface area contributed by atoms with Crippen molar-refractivity contribution in [3.63, 3.8) is 0 Å². The van der Waals surface area contributed by atoms with Gasteiger partial charge in [0.25, 0.3) is 0 Å². The lowest BCUT2D eigenvalue weighted by Crippen LogP contribution is -2.57. The first kappa shape index (κ1) is 19.6. The molecular weight excluding hydrogens is 344 g/mol. The Morgan fingerprint density at radius 3 is 2.52 bits per heavy atom. The summed E-state index contributed by atoms with van der Waals surface area (Å²) in [5.41, 5.74) is 1.12. The fraction of sp³-hybridized carbons (Fsp3) is 0.600. The highest BCUT2D eigenvalue weighted by atomic mass is 16.5. The summed E-state index contributed by atoms with van der Waals surface area (Å²) in [5, 5.41) is 2.91. The number of nitrogens with zero attached hydrogens (tertiary/aromatic N) is 3. The van der Waals surface area contributed by atoms with Crippen LogP contribution in [0.4, 0.5) is 0 Å². The minimum atomic E-state index is -0.405. The number of carbonyl (C=O) groups excluding carboxylic acids is 2. The first-order valence-corrected chi connectivity index (χ1v) is 9.76. The lowest BCUT2D eigenvalue weighted by molar-refractivity contribution is -0.140. The molecule has 0 saturated carbocycles. The van der Waals surface area contributed by atoms with Crippen LogP contribution in [-0.4, -0.2) is 85.5 Å². The molecule has 148 valence electrons. The van der Waals surface area contributed by atoms with Crippen molar-refractivity contribution in [2.75, 3.05) is 52.9 Å². The minimum Gasteiger partial charge on any atom is -0.494 e. The van der Waals surface area contributed by atoms with Crippen LogP contribution in [0.15, 0.2) is 24.3 Å². The van der Waals surface area contributed by atoms with E-state index in [0.29, 0.717) is 19.7 Å². The van der Waals surface area contributed by atoms with Gasteiger partial charge in [-0.1, -0.05) is 12.1 Å². The summed E-state index contributed by atoms with van der Waals surface area (Å²) >= 11 is 0. The van der Waals surface area contributed by atoms with Gasteiger partial charge >= 0.3 is 0 Å². The molecule has 2 saturated heterocycles. The van der Waals surface area contributed by atoms with Crippen molar-refractivity contribution in [3.05, 3.63) is 29.8 Å². The van der Waals surface area contributed by atoms with E-state index in [1.807, 2.05) is 36.1 Å². The van der Waals surface area contributed by atoms with Crippen LogP contribution in [0.3, 0.4) is 0 Å². The number of rotatable bonds is 6. The van der Waals surface area contributed by atoms with Crippen LogP contribution in [0.25, 0.3) is 0 Å². The van der Waals surface area contributed by atoms with Gasteiger partial charge in [-0.05, 0) is 31.7 Å². The van der Waals surface area contributed by atoms with Gasteiger partial charge < -0.3 is 19.9 Å². The molecule has 2 fully saturated rings. The van der Waals surface area contributed by atoms with Crippen LogP contribution < -0.4 is 10.1 Å². The van der Waals surface area contributed by atoms with Crippen LogP contribution in [0.5, 0.6) is 5.75 Å².